The van der Waals surface area contributed by atoms with Crippen molar-refractivity contribution in [3.05, 3.63) is 23.3 Å². The summed E-state index contributed by atoms with van der Waals surface area (Å²) >= 11 is 0. The zero-order chi connectivity index (χ0) is 17.9. The Morgan fingerprint density at radius 3 is 2.62 bits per heavy atom. The molecule has 1 saturated heterocycles. The molecule has 0 N–H and O–H groups in total. The summed E-state index contributed by atoms with van der Waals surface area (Å²) in [6.07, 6.45) is 0.0303. The van der Waals surface area contributed by atoms with E-state index in [-0.39, 0.29) is 17.4 Å². The SMILES string of the molecule is Cc1cc(C(=O)N2CCCCC[C@H]2CC(C)C)nc(C(F)(F)F)n1. The first-order valence-electron chi connectivity index (χ1n) is 8.42. The van der Waals surface area contributed by atoms with Crippen LogP contribution in [0.15, 0.2) is 6.07 Å². The largest absolute Gasteiger partial charge is 0.451 e. The van der Waals surface area contributed by atoms with E-state index < -0.39 is 17.9 Å². The molecule has 1 aliphatic rings. The van der Waals surface area contributed by atoms with Gasteiger partial charge in [-0.25, -0.2) is 9.97 Å². The molecule has 0 spiro atoms. The van der Waals surface area contributed by atoms with Crippen molar-refractivity contribution in [3.8, 4) is 0 Å². The van der Waals surface area contributed by atoms with Gasteiger partial charge in [0.2, 0.25) is 5.82 Å². The topological polar surface area (TPSA) is 46.1 Å². The zero-order valence-corrected chi connectivity index (χ0v) is 14.4. The number of aryl methyl sites for hydroxylation is 1. The molecule has 24 heavy (non-hydrogen) atoms. The molecule has 0 aliphatic carbocycles. The Kier molecular flexibility index (Phi) is 5.83. The number of hydrogen-bond acceptors (Lipinski definition) is 3. The number of alkyl halides is 3. The molecule has 2 heterocycles. The fourth-order valence-corrected chi connectivity index (χ4v) is 3.19. The number of amides is 1. The molecule has 0 saturated carbocycles. The molecule has 0 aromatic carbocycles. The Hall–Kier alpha value is -1.66. The van der Waals surface area contributed by atoms with E-state index in [0.29, 0.717) is 12.5 Å². The first-order valence-corrected chi connectivity index (χ1v) is 8.42. The number of aromatic nitrogens is 2. The second kappa shape index (κ2) is 7.49. The first-order chi connectivity index (χ1) is 11.2. The standard InChI is InChI=1S/C17H24F3N3O/c1-11(2)9-13-7-5-4-6-8-23(13)15(24)14-10-12(3)21-16(22-14)17(18,19)20/h10-11,13H,4-9H2,1-3H3/t13-/m0/s1. The number of hydrogen-bond donors (Lipinski definition) is 0. The molecule has 1 aromatic rings. The van der Waals surface area contributed by atoms with Gasteiger partial charge in [0.05, 0.1) is 0 Å². The summed E-state index contributed by atoms with van der Waals surface area (Å²) in [5.74, 6) is -1.25. The molecular formula is C17H24F3N3O. The predicted molar refractivity (Wildman–Crippen MR) is 84.5 cm³/mol. The van der Waals surface area contributed by atoms with Crippen molar-refractivity contribution in [2.45, 2.75) is 65.1 Å². The summed E-state index contributed by atoms with van der Waals surface area (Å²) in [5.41, 5.74) is -0.0126. The van der Waals surface area contributed by atoms with Crippen LogP contribution in [0.1, 0.15) is 68.0 Å². The van der Waals surface area contributed by atoms with E-state index in [1.165, 1.54) is 13.0 Å². The van der Waals surface area contributed by atoms with Crippen molar-refractivity contribution in [3.63, 3.8) is 0 Å². The van der Waals surface area contributed by atoms with Crippen LogP contribution in [0.4, 0.5) is 13.2 Å². The van der Waals surface area contributed by atoms with Gasteiger partial charge in [0.15, 0.2) is 0 Å². The van der Waals surface area contributed by atoms with Gasteiger partial charge in [0.25, 0.3) is 5.91 Å². The van der Waals surface area contributed by atoms with Gasteiger partial charge >= 0.3 is 6.18 Å². The molecule has 1 fully saturated rings. The molecular weight excluding hydrogens is 319 g/mol. The summed E-state index contributed by atoms with van der Waals surface area (Å²) in [6.45, 7) is 6.19. The highest BCUT2D eigenvalue weighted by molar-refractivity contribution is 5.92. The molecule has 1 atom stereocenters. The number of carbonyl (C=O) groups excluding carboxylic acids is 1. The van der Waals surface area contributed by atoms with Crippen LogP contribution in [-0.4, -0.2) is 33.4 Å². The summed E-state index contributed by atoms with van der Waals surface area (Å²) in [6, 6.07) is 1.40. The van der Waals surface area contributed by atoms with Crippen LogP contribution in [0.3, 0.4) is 0 Å². The van der Waals surface area contributed by atoms with Crippen molar-refractivity contribution in [2.75, 3.05) is 6.54 Å². The molecule has 0 unspecified atom stereocenters. The van der Waals surface area contributed by atoms with E-state index >= 15 is 0 Å². The van der Waals surface area contributed by atoms with Crippen LogP contribution in [0.2, 0.25) is 0 Å². The van der Waals surface area contributed by atoms with Crippen molar-refractivity contribution in [2.24, 2.45) is 5.92 Å². The van der Waals surface area contributed by atoms with Crippen LogP contribution < -0.4 is 0 Å². The molecule has 0 bridgehead atoms. The second-order valence-corrected chi connectivity index (χ2v) is 6.85. The first kappa shape index (κ1) is 18.7. The van der Waals surface area contributed by atoms with E-state index in [4.69, 9.17) is 0 Å². The Bertz CT molecular complexity index is 587. The molecule has 1 aromatic heterocycles. The molecule has 4 nitrogen and oxygen atoms in total. The minimum Gasteiger partial charge on any atom is -0.334 e. The third kappa shape index (κ3) is 4.68. The van der Waals surface area contributed by atoms with Crippen LogP contribution in [0, 0.1) is 12.8 Å². The molecule has 134 valence electrons. The van der Waals surface area contributed by atoms with Crippen LogP contribution in [0.25, 0.3) is 0 Å². The third-order valence-corrected chi connectivity index (χ3v) is 4.21. The zero-order valence-electron chi connectivity index (χ0n) is 14.4. The normalized spacial score (nSPS) is 19.5. The maximum atomic E-state index is 12.9. The number of nitrogens with zero attached hydrogens (tertiary/aromatic N) is 3. The Morgan fingerprint density at radius 2 is 2.00 bits per heavy atom. The molecule has 2 rings (SSSR count). The van der Waals surface area contributed by atoms with Gasteiger partial charge in [-0.1, -0.05) is 26.7 Å². The number of halogens is 3. The summed E-state index contributed by atoms with van der Waals surface area (Å²) in [4.78, 5) is 21.5. The van der Waals surface area contributed by atoms with Crippen LogP contribution in [0.5, 0.6) is 0 Å². The van der Waals surface area contributed by atoms with Crippen LogP contribution in [-0.2, 0) is 6.18 Å². The highest BCUT2D eigenvalue weighted by Crippen LogP contribution is 2.28. The van der Waals surface area contributed by atoms with Crippen molar-refractivity contribution in [1.29, 1.82) is 0 Å². The van der Waals surface area contributed by atoms with Crippen molar-refractivity contribution in [1.82, 2.24) is 14.9 Å². The minimum absolute atomic E-state index is 0.0598. The second-order valence-electron chi connectivity index (χ2n) is 6.85. The Morgan fingerprint density at radius 1 is 1.29 bits per heavy atom. The third-order valence-electron chi connectivity index (χ3n) is 4.21. The molecule has 1 amide bonds. The van der Waals surface area contributed by atoms with E-state index in [0.717, 1.165) is 32.1 Å². The van der Waals surface area contributed by atoms with E-state index in [2.05, 4.69) is 23.8 Å². The fourth-order valence-electron chi connectivity index (χ4n) is 3.19. The Balaban J connectivity index is 2.32. The lowest BCUT2D eigenvalue weighted by molar-refractivity contribution is -0.145. The van der Waals surface area contributed by atoms with E-state index in [1.54, 1.807) is 4.90 Å². The smallest absolute Gasteiger partial charge is 0.334 e. The lowest BCUT2D eigenvalue weighted by atomic mass is 9.98. The van der Waals surface area contributed by atoms with Gasteiger partial charge in [-0.05, 0) is 38.2 Å². The predicted octanol–water partition coefficient (Wildman–Crippen LogP) is 4.23. The maximum Gasteiger partial charge on any atom is 0.451 e. The lowest BCUT2D eigenvalue weighted by Gasteiger charge is -2.31. The summed E-state index contributed by atoms with van der Waals surface area (Å²) in [5, 5.41) is 0. The van der Waals surface area contributed by atoms with E-state index in [1.807, 2.05) is 0 Å². The fraction of sp³-hybridized carbons (Fsp3) is 0.706. The minimum atomic E-state index is -4.66. The average molecular weight is 343 g/mol. The number of likely N-dealkylation sites (tertiary alicyclic amines) is 1. The van der Waals surface area contributed by atoms with Gasteiger partial charge in [-0.15, -0.1) is 0 Å². The van der Waals surface area contributed by atoms with Gasteiger partial charge < -0.3 is 4.90 Å². The van der Waals surface area contributed by atoms with Crippen molar-refractivity contribution >= 4 is 5.91 Å². The lowest BCUT2D eigenvalue weighted by Crippen LogP contribution is -2.41. The molecule has 1 aliphatic heterocycles. The van der Waals surface area contributed by atoms with Gasteiger partial charge in [-0.3, -0.25) is 4.79 Å². The molecule has 7 heteroatoms. The van der Waals surface area contributed by atoms with Gasteiger partial charge in [0.1, 0.15) is 5.69 Å². The van der Waals surface area contributed by atoms with E-state index in [9.17, 15) is 18.0 Å². The highest BCUT2D eigenvalue weighted by atomic mass is 19.4. The maximum absolute atomic E-state index is 12.9. The number of rotatable bonds is 3. The summed E-state index contributed by atoms with van der Waals surface area (Å²) < 4.78 is 38.8. The highest BCUT2D eigenvalue weighted by Gasteiger charge is 2.36. The average Bonchev–Trinajstić information content (AvgIpc) is 2.69. The van der Waals surface area contributed by atoms with Crippen molar-refractivity contribution < 1.29 is 18.0 Å². The summed E-state index contributed by atoms with van der Waals surface area (Å²) in [7, 11) is 0. The quantitative estimate of drug-likeness (QED) is 0.825. The Labute approximate surface area is 140 Å². The number of carbonyl (C=O) groups is 1. The van der Waals surface area contributed by atoms with Crippen LogP contribution >= 0.6 is 0 Å². The monoisotopic (exact) mass is 343 g/mol. The van der Waals surface area contributed by atoms with Gasteiger partial charge in [-0.2, -0.15) is 13.2 Å². The van der Waals surface area contributed by atoms with Gasteiger partial charge in [0, 0.05) is 18.3 Å². The molecule has 0 radical (unpaired) electrons.